The van der Waals surface area contributed by atoms with Crippen LogP contribution in [0.1, 0.15) is 18.1 Å². The van der Waals surface area contributed by atoms with E-state index in [1.54, 1.807) is 0 Å². The molecule has 11 aromatic rings. The molecule has 0 atom stereocenters. The molecule has 0 heterocycles. The number of benzene rings is 11. The van der Waals surface area contributed by atoms with Crippen LogP contribution in [0.4, 0.5) is 68.2 Å². The molecule has 0 radical (unpaired) electrons. The third-order valence-electron chi connectivity index (χ3n) is 13.0. The summed E-state index contributed by atoms with van der Waals surface area (Å²) in [4.78, 5) is 9.32. The number of hydrogen-bond acceptors (Lipinski definition) is 4. The van der Waals surface area contributed by atoms with Gasteiger partial charge in [-0.05, 0) is 185 Å². The third-order valence-corrected chi connectivity index (χ3v) is 13.0. The Labute approximate surface area is 417 Å². The van der Waals surface area contributed by atoms with E-state index < -0.39 is 0 Å². The van der Waals surface area contributed by atoms with E-state index in [1.807, 2.05) is 6.08 Å². The molecule has 0 aromatic heterocycles. The summed E-state index contributed by atoms with van der Waals surface area (Å²) in [5.41, 5.74) is 15.0. The molecule has 0 bridgehead atoms. The first kappa shape index (κ1) is 44.1. The lowest BCUT2D eigenvalue weighted by Gasteiger charge is -2.30. The average molecular weight is 913 g/mol. The Bertz CT molecular complexity index is 3440. The normalized spacial score (nSPS) is 11.2. The van der Waals surface area contributed by atoms with Gasteiger partial charge in [0.25, 0.3) is 0 Å². The zero-order valence-corrected chi connectivity index (χ0v) is 39.6. The van der Waals surface area contributed by atoms with E-state index in [1.165, 1.54) is 21.5 Å². The first-order valence-corrected chi connectivity index (χ1v) is 24.1. The Kier molecular flexibility index (Phi) is 12.5. The topological polar surface area (TPSA) is 13.0 Å². The molecule has 0 saturated carbocycles. The van der Waals surface area contributed by atoms with Crippen molar-refractivity contribution in [2.45, 2.75) is 6.92 Å². The number of para-hydroxylation sites is 3. The highest BCUT2D eigenvalue weighted by Crippen LogP contribution is 2.44. The highest BCUT2D eigenvalue weighted by atomic mass is 15.2. The van der Waals surface area contributed by atoms with Gasteiger partial charge in [0.1, 0.15) is 0 Å². The molecule has 0 amide bonds. The van der Waals surface area contributed by atoms with Gasteiger partial charge in [-0.3, -0.25) is 0 Å². The van der Waals surface area contributed by atoms with Crippen molar-refractivity contribution in [2.24, 2.45) is 0 Å². The van der Waals surface area contributed by atoms with E-state index in [9.17, 15) is 0 Å². The molecule has 0 aliphatic carbocycles. The zero-order chi connectivity index (χ0) is 47.9. The lowest BCUT2D eigenvalue weighted by molar-refractivity contribution is 1.24. The van der Waals surface area contributed by atoms with Crippen molar-refractivity contribution >= 4 is 102 Å². The Morgan fingerprint density at radius 3 is 0.859 bits per heavy atom. The highest BCUT2D eigenvalue weighted by Gasteiger charge is 2.20. The molecule has 0 aliphatic rings. The SMILES string of the molecule is C=Cc1ccc(N(c2ccccc2)c2ccc(N(c3ccc(N(c4ccccc4)c4ccc5ccccc5c4)cc3)c3ccc(N(c4ccccc4)c4ccc5ccccc5c4)cc3)cc2)cc1/C=C/C. The summed E-state index contributed by atoms with van der Waals surface area (Å²) in [7, 11) is 0. The number of rotatable bonds is 14. The van der Waals surface area contributed by atoms with Crippen LogP contribution in [0.5, 0.6) is 0 Å². The maximum absolute atomic E-state index is 4.09. The van der Waals surface area contributed by atoms with Gasteiger partial charge < -0.3 is 19.6 Å². The zero-order valence-electron chi connectivity index (χ0n) is 39.6. The molecule has 0 spiro atoms. The van der Waals surface area contributed by atoms with Gasteiger partial charge in [0.05, 0.1) is 0 Å². The standard InChI is InChI=1S/C67H52N4/c1-3-18-53-47-65(32-29-50(53)4-2)69(56-23-8-5-9-24-56)62-41-35-59(36-42-62)68(60-37-43-63(44-38-60)70(57-25-10-6-11-26-57)66-33-30-51-19-14-16-21-54(51)48-66)61-39-45-64(46-40-61)71(58-27-12-7-13-28-58)67-34-31-52-20-15-17-22-55(52)49-67/h3-49H,2H2,1H3/b18-3+. The molecule has 0 aliphatic heterocycles. The van der Waals surface area contributed by atoms with Crippen LogP contribution in [0.25, 0.3) is 33.7 Å². The van der Waals surface area contributed by atoms with Gasteiger partial charge in [0.15, 0.2) is 0 Å². The van der Waals surface area contributed by atoms with Crippen LogP contribution < -0.4 is 19.6 Å². The Morgan fingerprint density at radius 1 is 0.254 bits per heavy atom. The molecule has 340 valence electrons. The fourth-order valence-electron chi connectivity index (χ4n) is 9.62. The molecule has 11 rings (SSSR count). The predicted molar refractivity (Wildman–Crippen MR) is 305 cm³/mol. The van der Waals surface area contributed by atoms with Crippen LogP contribution in [-0.4, -0.2) is 0 Å². The van der Waals surface area contributed by atoms with Crippen molar-refractivity contribution in [3.8, 4) is 0 Å². The maximum Gasteiger partial charge on any atom is 0.0468 e. The van der Waals surface area contributed by atoms with Gasteiger partial charge in [0.2, 0.25) is 0 Å². The summed E-state index contributed by atoms with van der Waals surface area (Å²) in [6.07, 6.45) is 6.13. The second kappa shape index (κ2) is 20.1. The number of hydrogen-bond donors (Lipinski definition) is 0. The van der Waals surface area contributed by atoms with Gasteiger partial charge >= 0.3 is 0 Å². The summed E-state index contributed by atoms with van der Waals surface area (Å²) in [5, 5.41) is 4.83. The monoisotopic (exact) mass is 912 g/mol. The van der Waals surface area contributed by atoms with Crippen molar-refractivity contribution in [2.75, 3.05) is 19.6 Å². The first-order valence-electron chi connectivity index (χ1n) is 24.1. The fraction of sp³-hybridized carbons (Fsp3) is 0.0149. The summed E-state index contributed by atoms with van der Waals surface area (Å²) in [6, 6.07) is 95.6. The fourth-order valence-corrected chi connectivity index (χ4v) is 9.62. The summed E-state index contributed by atoms with van der Waals surface area (Å²) >= 11 is 0. The molecule has 0 fully saturated rings. The summed E-state index contributed by atoms with van der Waals surface area (Å²) < 4.78 is 0. The van der Waals surface area contributed by atoms with Gasteiger partial charge in [-0.2, -0.15) is 0 Å². The van der Waals surface area contributed by atoms with E-state index in [2.05, 4.69) is 312 Å². The molecule has 0 N–H and O–H groups in total. The number of nitrogens with zero attached hydrogens (tertiary/aromatic N) is 4. The molecular formula is C67H52N4. The summed E-state index contributed by atoms with van der Waals surface area (Å²) in [5.74, 6) is 0. The van der Waals surface area contributed by atoms with E-state index in [0.29, 0.717) is 0 Å². The van der Waals surface area contributed by atoms with Gasteiger partial charge in [-0.1, -0.05) is 146 Å². The lowest BCUT2D eigenvalue weighted by atomic mass is 10.0. The Morgan fingerprint density at radius 2 is 0.521 bits per heavy atom. The molecular weight excluding hydrogens is 861 g/mol. The first-order chi connectivity index (χ1) is 35.1. The largest absolute Gasteiger partial charge is 0.310 e. The highest BCUT2D eigenvalue weighted by molar-refractivity contribution is 5.92. The smallest absolute Gasteiger partial charge is 0.0468 e. The summed E-state index contributed by atoms with van der Waals surface area (Å²) in [6.45, 7) is 6.14. The number of anilines is 12. The van der Waals surface area contributed by atoms with Crippen LogP contribution >= 0.6 is 0 Å². The van der Waals surface area contributed by atoms with Gasteiger partial charge in [-0.25, -0.2) is 0 Å². The Hall–Kier alpha value is -9.38. The van der Waals surface area contributed by atoms with Gasteiger partial charge in [-0.15, -0.1) is 0 Å². The number of allylic oxidation sites excluding steroid dienone is 1. The molecule has 71 heavy (non-hydrogen) atoms. The van der Waals surface area contributed by atoms with Crippen molar-refractivity contribution in [3.63, 3.8) is 0 Å². The minimum Gasteiger partial charge on any atom is -0.310 e. The van der Waals surface area contributed by atoms with E-state index >= 15 is 0 Å². The quantitative estimate of drug-likeness (QED) is 0.108. The van der Waals surface area contributed by atoms with E-state index in [4.69, 9.17) is 0 Å². The average Bonchev–Trinajstić information content (AvgIpc) is 3.43. The van der Waals surface area contributed by atoms with Crippen molar-refractivity contribution in [1.29, 1.82) is 0 Å². The third kappa shape index (κ3) is 9.18. The van der Waals surface area contributed by atoms with Crippen LogP contribution in [0.15, 0.2) is 280 Å². The minimum absolute atomic E-state index is 1.03. The van der Waals surface area contributed by atoms with E-state index in [-0.39, 0.29) is 0 Å². The van der Waals surface area contributed by atoms with Gasteiger partial charge in [0, 0.05) is 68.2 Å². The Balaban J connectivity index is 1.02. The minimum atomic E-state index is 1.03. The van der Waals surface area contributed by atoms with Crippen LogP contribution in [0, 0.1) is 0 Å². The van der Waals surface area contributed by atoms with E-state index in [0.717, 1.165) is 79.4 Å². The molecule has 4 nitrogen and oxygen atoms in total. The van der Waals surface area contributed by atoms with Crippen LogP contribution in [0.3, 0.4) is 0 Å². The van der Waals surface area contributed by atoms with Crippen molar-refractivity contribution < 1.29 is 0 Å². The molecule has 4 heteroatoms. The lowest BCUT2D eigenvalue weighted by Crippen LogP contribution is -2.14. The second-order valence-electron chi connectivity index (χ2n) is 17.5. The molecule has 0 saturated heterocycles. The number of fused-ring (bicyclic) bond motifs is 2. The molecule has 11 aromatic carbocycles. The predicted octanol–water partition coefficient (Wildman–Crippen LogP) is 19.5. The van der Waals surface area contributed by atoms with Crippen molar-refractivity contribution in [1.82, 2.24) is 0 Å². The maximum atomic E-state index is 4.09. The second-order valence-corrected chi connectivity index (χ2v) is 17.5. The van der Waals surface area contributed by atoms with Crippen molar-refractivity contribution in [3.05, 3.63) is 291 Å². The van der Waals surface area contributed by atoms with Crippen LogP contribution in [0.2, 0.25) is 0 Å². The molecule has 0 unspecified atom stereocenters. The van der Waals surface area contributed by atoms with Crippen LogP contribution in [-0.2, 0) is 0 Å².